The first-order valence-electron chi connectivity index (χ1n) is 7.33. The second-order valence-electron chi connectivity index (χ2n) is 5.46. The smallest absolute Gasteiger partial charge is 0.341 e. The molecule has 2 aromatic carbocycles. The van der Waals surface area contributed by atoms with Gasteiger partial charge in [0.1, 0.15) is 11.4 Å². The normalized spacial score (nSPS) is 10.6. The molecule has 1 amide bonds. The summed E-state index contributed by atoms with van der Waals surface area (Å²) in [6, 6.07) is 9.61. The highest BCUT2D eigenvalue weighted by molar-refractivity contribution is 6.00. The largest absolute Gasteiger partial charge is 0.477 e. The van der Waals surface area contributed by atoms with Crippen LogP contribution in [0.3, 0.4) is 0 Å². The number of amides is 1. The van der Waals surface area contributed by atoms with E-state index in [2.05, 4.69) is 5.32 Å². The molecule has 0 saturated carbocycles. The zero-order valence-electron chi connectivity index (χ0n) is 13.1. The van der Waals surface area contributed by atoms with Gasteiger partial charge in [-0.3, -0.25) is 9.36 Å². The summed E-state index contributed by atoms with van der Waals surface area (Å²) in [5.41, 5.74) is -0.194. The van der Waals surface area contributed by atoms with E-state index in [1.807, 2.05) is 0 Å². The van der Waals surface area contributed by atoms with Crippen LogP contribution in [0.4, 0.5) is 14.9 Å². The summed E-state index contributed by atoms with van der Waals surface area (Å²) in [7, 11) is 0. The summed E-state index contributed by atoms with van der Waals surface area (Å²) in [6.07, 6.45) is 0.985. The van der Waals surface area contributed by atoms with E-state index in [0.29, 0.717) is 11.3 Å². The molecule has 1 aromatic heterocycles. The van der Waals surface area contributed by atoms with Crippen LogP contribution in [0.2, 0.25) is 0 Å². The third-order valence-electron chi connectivity index (χ3n) is 3.77. The molecule has 0 aliphatic heterocycles. The fraction of sp³-hybridized carbons (Fsp3) is 0.0556. The number of hydrogen-bond donors (Lipinski definition) is 2. The van der Waals surface area contributed by atoms with Crippen molar-refractivity contribution >= 4 is 28.6 Å². The van der Waals surface area contributed by atoms with E-state index in [4.69, 9.17) is 0 Å². The molecule has 0 saturated heterocycles. The molecule has 25 heavy (non-hydrogen) atoms. The number of aromatic nitrogens is 1. The van der Waals surface area contributed by atoms with Crippen LogP contribution in [0, 0.1) is 12.7 Å². The van der Waals surface area contributed by atoms with Crippen molar-refractivity contribution in [2.75, 3.05) is 5.32 Å². The van der Waals surface area contributed by atoms with Crippen LogP contribution in [0.1, 0.15) is 15.9 Å². The predicted molar refractivity (Wildman–Crippen MR) is 90.7 cm³/mol. The third kappa shape index (κ3) is 2.99. The minimum Gasteiger partial charge on any atom is -0.477 e. The van der Waals surface area contributed by atoms with Crippen LogP contribution in [-0.4, -0.2) is 21.7 Å². The van der Waals surface area contributed by atoms with Gasteiger partial charge in [0.15, 0.2) is 0 Å². The van der Waals surface area contributed by atoms with Crippen molar-refractivity contribution in [2.24, 2.45) is 0 Å². The quantitative estimate of drug-likeness (QED) is 0.750. The van der Waals surface area contributed by atoms with E-state index in [1.54, 1.807) is 19.1 Å². The van der Waals surface area contributed by atoms with Gasteiger partial charge in [-0.2, -0.15) is 0 Å². The van der Waals surface area contributed by atoms with E-state index in [9.17, 15) is 23.9 Å². The number of anilines is 1. The Labute approximate surface area is 141 Å². The van der Waals surface area contributed by atoms with E-state index in [0.717, 1.165) is 10.8 Å². The van der Waals surface area contributed by atoms with Crippen molar-refractivity contribution in [1.29, 1.82) is 0 Å². The second kappa shape index (κ2) is 6.20. The Hall–Kier alpha value is -3.48. The van der Waals surface area contributed by atoms with Gasteiger partial charge in [0.05, 0.1) is 5.52 Å². The van der Waals surface area contributed by atoms with Crippen molar-refractivity contribution in [3.63, 3.8) is 0 Å². The van der Waals surface area contributed by atoms with Crippen LogP contribution in [0.15, 0.2) is 53.5 Å². The van der Waals surface area contributed by atoms with Crippen LogP contribution in [-0.2, 0) is 0 Å². The van der Waals surface area contributed by atoms with Crippen LogP contribution in [0.5, 0.6) is 0 Å². The highest BCUT2D eigenvalue weighted by Crippen LogP contribution is 2.16. The van der Waals surface area contributed by atoms with E-state index < -0.39 is 28.8 Å². The zero-order chi connectivity index (χ0) is 18.1. The molecule has 0 radical (unpaired) electrons. The standard InChI is InChI=1S/C18H13FN2O4/c1-10-8-11(6-7-14(10)19)20-18(25)21-9-13(17(23)24)16(22)12-4-2-3-5-15(12)21/h2-9H,1H3,(H,20,25)(H,23,24). The van der Waals surface area contributed by atoms with Crippen molar-refractivity contribution in [1.82, 2.24) is 4.57 Å². The summed E-state index contributed by atoms with van der Waals surface area (Å²) in [6.45, 7) is 1.56. The number of benzene rings is 2. The Morgan fingerprint density at radius 2 is 1.88 bits per heavy atom. The molecular formula is C18H13FN2O4. The highest BCUT2D eigenvalue weighted by atomic mass is 19.1. The summed E-state index contributed by atoms with van der Waals surface area (Å²) in [4.78, 5) is 36.1. The molecule has 0 spiro atoms. The first-order chi connectivity index (χ1) is 11.9. The number of para-hydroxylation sites is 1. The number of aryl methyl sites for hydroxylation is 1. The van der Waals surface area contributed by atoms with Gasteiger partial charge in [-0.25, -0.2) is 14.0 Å². The molecule has 6 nitrogen and oxygen atoms in total. The van der Waals surface area contributed by atoms with Gasteiger partial charge in [-0.1, -0.05) is 12.1 Å². The Morgan fingerprint density at radius 1 is 1.16 bits per heavy atom. The molecule has 3 aromatic rings. The van der Waals surface area contributed by atoms with Gasteiger partial charge >= 0.3 is 12.0 Å². The van der Waals surface area contributed by atoms with Gasteiger partial charge in [-0.05, 0) is 42.8 Å². The van der Waals surface area contributed by atoms with Gasteiger partial charge in [0.25, 0.3) is 0 Å². The number of carboxylic acid groups (broad SMARTS) is 1. The predicted octanol–water partition coefficient (Wildman–Crippen LogP) is 3.23. The average molecular weight is 340 g/mol. The Bertz CT molecular complexity index is 1070. The lowest BCUT2D eigenvalue weighted by Gasteiger charge is -2.12. The summed E-state index contributed by atoms with van der Waals surface area (Å²) in [5.74, 6) is -1.82. The van der Waals surface area contributed by atoms with Crippen molar-refractivity contribution in [3.05, 3.63) is 75.8 Å². The number of aromatic carboxylic acids is 1. The average Bonchev–Trinajstić information content (AvgIpc) is 2.58. The maximum atomic E-state index is 13.3. The van der Waals surface area contributed by atoms with E-state index >= 15 is 0 Å². The number of hydrogen-bond acceptors (Lipinski definition) is 3. The molecule has 7 heteroatoms. The Morgan fingerprint density at radius 3 is 2.56 bits per heavy atom. The lowest BCUT2D eigenvalue weighted by molar-refractivity contribution is 0.0695. The van der Waals surface area contributed by atoms with Gasteiger partial charge in [0.2, 0.25) is 5.43 Å². The fourth-order valence-corrected chi connectivity index (χ4v) is 2.50. The van der Waals surface area contributed by atoms with Crippen LogP contribution < -0.4 is 10.7 Å². The number of nitrogens with zero attached hydrogens (tertiary/aromatic N) is 1. The molecule has 1 heterocycles. The van der Waals surface area contributed by atoms with Crippen LogP contribution >= 0.6 is 0 Å². The number of pyridine rings is 1. The van der Waals surface area contributed by atoms with Gasteiger partial charge < -0.3 is 10.4 Å². The number of carbonyl (C=O) groups is 2. The van der Waals surface area contributed by atoms with E-state index in [1.165, 1.54) is 30.3 Å². The van der Waals surface area contributed by atoms with Crippen molar-refractivity contribution < 1.29 is 19.1 Å². The lowest BCUT2D eigenvalue weighted by Crippen LogP contribution is -2.25. The Kier molecular flexibility index (Phi) is 4.06. The van der Waals surface area contributed by atoms with Gasteiger partial charge in [0, 0.05) is 17.3 Å². The minimum atomic E-state index is -1.42. The maximum absolute atomic E-state index is 13.3. The second-order valence-corrected chi connectivity index (χ2v) is 5.46. The maximum Gasteiger partial charge on any atom is 0.341 e. The summed E-state index contributed by atoms with van der Waals surface area (Å²) >= 11 is 0. The molecule has 0 unspecified atom stereocenters. The SMILES string of the molecule is Cc1cc(NC(=O)n2cc(C(=O)O)c(=O)c3ccccc32)ccc1F. The lowest BCUT2D eigenvalue weighted by atomic mass is 10.1. The zero-order valence-corrected chi connectivity index (χ0v) is 13.1. The number of halogens is 1. The van der Waals surface area contributed by atoms with E-state index in [-0.39, 0.29) is 10.9 Å². The molecule has 2 N–H and O–H groups in total. The first-order valence-corrected chi connectivity index (χ1v) is 7.33. The van der Waals surface area contributed by atoms with Crippen LogP contribution in [0.25, 0.3) is 10.9 Å². The number of nitrogens with one attached hydrogen (secondary N) is 1. The topological polar surface area (TPSA) is 88.4 Å². The molecule has 0 fully saturated rings. The monoisotopic (exact) mass is 340 g/mol. The molecule has 0 aliphatic rings. The number of carbonyl (C=O) groups excluding carboxylic acids is 1. The minimum absolute atomic E-state index is 0.118. The number of carboxylic acids is 1. The molecule has 126 valence electrons. The molecule has 0 atom stereocenters. The Balaban J connectivity index is 2.12. The highest BCUT2D eigenvalue weighted by Gasteiger charge is 2.17. The molecule has 0 aliphatic carbocycles. The number of rotatable bonds is 2. The van der Waals surface area contributed by atoms with Crippen molar-refractivity contribution in [2.45, 2.75) is 6.92 Å². The first kappa shape index (κ1) is 16.4. The summed E-state index contributed by atoms with van der Waals surface area (Å²) < 4.78 is 14.4. The van der Waals surface area contributed by atoms with Gasteiger partial charge in [-0.15, -0.1) is 0 Å². The molecule has 3 rings (SSSR count). The molecule has 0 bridgehead atoms. The van der Waals surface area contributed by atoms with Crippen molar-refractivity contribution in [3.8, 4) is 0 Å². The fourth-order valence-electron chi connectivity index (χ4n) is 2.50. The third-order valence-corrected chi connectivity index (χ3v) is 3.77. The molecular weight excluding hydrogens is 327 g/mol. The summed E-state index contributed by atoms with van der Waals surface area (Å²) in [5, 5.41) is 11.9. The number of fused-ring (bicyclic) bond motifs is 1.